The SMILES string of the molecule is CC(CC(C)(C)c1ccccc1)NCC(O)C(N)=O. The second-order valence-electron chi connectivity index (χ2n) is 5.68. The Balaban J connectivity index is 2.52. The number of hydrogen-bond donors (Lipinski definition) is 3. The van der Waals surface area contributed by atoms with Crippen LogP contribution in [0.25, 0.3) is 0 Å². The summed E-state index contributed by atoms with van der Waals surface area (Å²) in [6, 6.07) is 10.5. The number of nitrogens with one attached hydrogen (secondary N) is 1. The minimum Gasteiger partial charge on any atom is -0.382 e. The molecule has 1 aromatic rings. The topological polar surface area (TPSA) is 75.3 Å². The molecule has 4 nitrogen and oxygen atoms in total. The van der Waals surface area contributed by atoms with Gasteiger partial charge in [-0.25, -0.2) is 0 Å². The smallest absolute Gasteiger partial charge is 0.247 e. The Hall–Kier alpha value is -1.39. The molecule has 1 rings (SSSR count). The van der Waals surface area contributed by atoms with Crippen LogP contribution < -0.4 is 11.1 Å². The summed E-state index contributed by atoms with van der Waals surface area (Å²) in [5.41, 5.74) is 6.32. The van der Waals surface area contributed by atoms with E-state index in [0.717, 1.165) is 6.42 Å². The van der Waals surface area contributed by atoms with Crippen molar-refractivity contribution in [1.29, 1.82) is 0 Å². The van der Waals surface area contributed by atoms with Gasteiger partial charge in [0.05, 0.1) is 0 Å². The van der Waals surface area contributed by atoms with Gasteiger partial charge in [-0.3, -0.25) is 4.79 Å². The van der Waals surface area contributed by atoms with E-state index in [2.05, 4.69) is 31.3 Å². The molecule has 1 aromatic carbocycles. The average molecular weight is 264 g/mol. The fourth-order valence-electron chi connectivity index (χ4n) is 2.26. The minimum absolute atomic E-state index is 0.0331. The summed E-state index contributed by atoms with van der Waals surface area (Å²) in [7, 11) is 0. The molecule has 0 heterocycles. The molecular weight excluding hydrogens is 240 g/mol. The number of carbonyl (C=O) groups excluding carboxylic acids is 1. The highest BCUT2D eigenvalue weighted by atomic mass is 16.3. The van der Waals surface area contributed by atoms with Crippen LogP contribution in [0.4, 0.5) is 0 Å². The van der Waals surface area contributed by atoms with Gasteiger partial charge in [0.15, 0.2) is 0 Å². The van der Waals surface area contributed by atoms with Gasteiger partial charge in [0.1, 0.15) is 6.10 Å². The highest BCUT2D eigenvalue weighted by Gasteiger charge is 2.23. The van der Waals surface area contributed by atoms with E-state index >= 15 is 0 Å². The van der Waals surface area contributed by atoms with E-state index < -0.39 is 12.0 Å². The Bertz CT molecular complexity index is 404. The van der Waals surface area contributed by atoms with Gasteiger partial charge in [0, 0.05) is 12.6 Å². The zero-order valence-electron chi connectivity index (χ0n) is 11.9. The first-order chi connectivity index (χ1) is 8.83. The highest BCUT2D eigenvalue weighted by molar-refractivity contribution is 5.78. The average Bonchev–Trinajstić information content (AvgIpc) is 2.36. The molecular formula is C15H24N2O2. The second kappa shape index (κ2) is 6.68. The van der Waals surface area contributed by atoms with Gasteiger partial charge in [0.25, 0.3) is 0 Å². The summed E-state index contributed by atoms with van der Waals surface area (Å²) in [5, 5.41) is 12.5. The van der Waals surface area contributed by atoms with Crippen molar-refractivity contribution < 1.29 is 9.90 Å². The summed E-state index contributed by atoms with van der Waals surface area (Å²) in [6.45, 7) is 6.61. The minimum atomic E-state index is -1.12. The molecule has 0 aliphatic carbocycles. The Kier molecular flexibility index (Phi) is 5.51. The largest absolute Gasteiger partial charge is 0.382 e. The van der Waals surface area contributed by atoms with Crippen molar-refractivity contribution in [1.82, 2.24) is 5.32 Å². The number of hydrogen-bond acceptors (Lipinski definition) is 3. The molecule has 2 atom stereocenters. The van der Waals surface area contributed by atoms with E-state index in [4.69, 9.17) is 5.73 Å². The van der Waals surface area contributed by atoms with E-state index in [1.807, 2.05) is 25.1 Å². The zero-order valence-corrected chi connectivity index (χ0v) is 11.9. The number of aliphatic hydroxyl groups excluding tert-OH is 1. The van der Waals surface area contributed by atoms with Crippen molar-refractivity contribution in [3.8, 4) is 0 Å². The molecule has 2 unspecified atom stereocenters. The van der Waals surface area contributed by atoms with Gasteiger partial charge in [-0.2, -0.15) is 0 Å². The predicted molar refractivity (Wildman–Crippen MR) is 76.8 cm³/mol. The molecule has 0 fully saturated rings. The van der Waals surface area contributed by atoms with E-state index in [1.165, 1.54) is 5.56 Å². The summed E-state index contributed by atoms with van der Waals surface area (Å²) >= 11 is 0. The van der Waals surface area contributed by atoms with E-state index in [1.54, 1.807) is 0 Å². The monoisotopic (exact) mass is 264 g/mol. The molecule has 0 spiro atoms. The molecule has 0 saturated heterocycles. The van der Waals surface area contributed by atoms with E-state index in [9.17, 15) is 9.90 Å². The lowest BCUT2D eigenvalue weighted by molar-refractivity contribution is -0.125. The number of aliphatic hydroxyl groups is 1. The lowest BCUT2D eigenvalue weighted by Gasteiger charge is -2.29. The van der Waals surface area contributed by atoms with Crippen LogP contribution in [0.1, 0.15) is 32.8 Å². The fourth-order valence-corrected chi connectivity index (χ4v) is 2.26. The van der Waals surface area contributed by atoms with Crippen LogP contribution in [-0.4, -0.2) is 29.7 Å². The molecule has 4 N–H and O–H groups in total. The highest BCUT2D eigenvalue weighted by Crippen LogP contribution is 2.27. The molecule has 0 aliphatic rings. The number of benzene rings is 1. The first kappa shape index (κ1) is 15.7. The van der Waals surface area contributed by atoms with Gasteiger partial charge in [-0.05, 0) is 24.3 Å². The first-order valence-electron chi connectivity index (χ1n) is 6.59. The standard InChI is InChI=1S/C15H24N2O2/c1-11(17-10-13(18)14(16)19)9-15(2,3)12-7-5-4-6-8-12/h4-8,11,13,17-18H,9-10H2,1-3H3,(H2,16,19). The molecule has 0 radical (unpaired) electrons. The second-order valence-corrected chi connectivity index (χ2v) is 5.68. The quantitative estimate of drug-likeness (QED) is 0.692. The molecule has 106 valence electrons. The number of rotatable bonds is 7. The van der Waals surface area contributed by atoms with Crippen LogP contribution >= 0.6 is 0 Å². The van der Waals surface area contributed by atoms with Crippen LogP contribution in [0.5, 0.6) is 0 Å². The normalized spacial score (nSPS) is 14.9. The van der Waals surface area contributed by atoms with Crippen LogP contribution in [0.3, 0.4) is 0 Å². The molecule has 1 amide bonds. The van der Waals surface area contributed by atoms with Crippen molar-refractivity contribution in [2.24, 2.45) is 5.73 Å². The fraction of sp³-hybridized carbons (Fsp3) is 0.533. The summed E-state index contributed by atoms with van der Waals surface area (Å²) in [5.74, 6) is -0.693. The van der Waals surface area contributed by atoms with Gasteiger partial charge < -0.3 is 16.2 Å². The third-order valence-electron chi connectivity index (χ3n) is 3.36. The van der Waals surface area contributed by atoms with Crippen molar-refractivity contribution in [3.63, 3.8) is 0 Å². The third kappa shape index (κ3) is 5.01. The molecule has 0 saturated carbocycles. The third-order valence-corrected chi connectivity index (χ3v) is 3.36. The lowest BCUT2D eigenvalue weighted by atomic mass is 9.79. The summed E-state index contributed by atoms with van der Waals surface area (Å²) in [6.07, 6.45) is -0.218. The number of carbonyl (C=O) groups is 1. The van der Waals surface area contributed by atoms with Crippen LogP contribution in [-0.2, 0) is 10.2 Å². The maximum absolute atomic E-state index is 10.8. The Morgan fingerprint density at radius 2 is 1.95 bits per heavy atom. The molecule has 19 heavy (non-hydrogen) atoms. The molecule has 0 bridgehead atoms. The Morgan fingerprint density at radius 1 is 1.37 bits per heavy atom. The van der Waals surface area contributed by atoms with Crippen molar-refractivity contribution >= 4 is 5.91 Å². The first-order valence-corrected chi connectivity index (χ1v) is 6.59. The van der Waals surface area contributed by atoms with Crippen LogP contribution in [0, 0.1) is 0 Å². The zero-order chi connectivity index (χ0) is 14.5. The van der Waals surface area contributed by atoms with Gasteiger partial charge in [0.2, 0.25) is 5.91 Å². The molecule has 0 aromatic heterocycles. The van der Waals surface area contributed by atoms with Gasteiger partial charge in [-0.1, -0.05) is 44.2 Å². The van der Waals surface area contributed by atoms with E-state index in [-0.39, 0.29) is 18.0 Å². The van der Waals surface area contributed by atoms with Gasteiger partial charge >= 0.3 is 0 Å². The molecule has 0 aliphatic heterocycles. The van der Waals surface area contributed by atoms with Crippen molar-refractivity contribution in [2.75, 3.05) is 6.54 Å². The van der Waals surface area contributed by atoms with Crippen molar-refractivity contribution in [3.05, 3.63) is 35.9 Å². The summed E-state index contributed by atoms with van der Waals surface area (Å²) < 4.78 is 0. The van der Waals surface area contributed by atoms with E-state index in [0.29, 0.717) is 0 Å². The Morgan fingerprint density at radius 3 is 2.47 bits per heavy atom. The number of amides is 1. The summed E-state index contributed by atoms with van der Waals surface area (Å²) in [4.78, 5) is 10.8. The predicted octanol–water partition coefficient (Wildman–Crippen LogP) is 1.18. The maximum Gasteiger partial charge on any atom is 0.247 e. The number of primary amides is 1. The maximum atomic E-state index is 10.8. The van der Waals surface area contributed by atoms with Crippen molar-refractivity contribution in [2.45, 2.75) is 44.8 Å². The number of nitrogens with two attached hydrogens (primary N) is 1. The Labute approximate surface area is 115 Å². The van der Waals surface area contributed by atoms with Crippen LogP contribution in [0.2, 0.25) is 0 Å². The van der Waals surface area contributed by atoms with Crippen LogP contribution in [0.15, 0.2) is 30.3 Å². The molecule has 4 heteroatoms. The lowest BCUT2D eigenvalue weighted by Crippen LogP contribution is -2.42. The van der Waals surface area contributed by atoms with Gasteiger partial charge in [-0.15, -0.1) is 0 Å².